The summed E-state index contributed by atoms with van der Waals surface area (Å²) in [4.78, 5) is 14.8. The number of pyridine rings is 1. The van der Waals surface area contributed by atoms with E-state index >= 15 is 0 Å². The van der Waals surface area contributed by atoms with Crippen molar-refractivity contribution in [3.05, 3.63) is 60.0 Å². The summed E-state index contributed by atoms with van der Waals surface area (Å²) in [6.45, 7) is 1.85. The van der Waals surface area contributed by atoms with Crippen LogP contribution in [0.25, 0.3) is 21.9 Å². The topological polar surface area (TPSA) is 42.0 Å². The molecule has 0 saturated heterocycles. The van der Waals surface area contributed by atoms with E-state index in [1.165, 1.54) is 24.4 Å². The third kappa shape index (κ3) is 3.60. The van der Waals surface area contributed by atoms with E-state index < -0.39 is 12.1 Å². The van der Waals surface area contributed by atoms with Crippen LogP contribution >= 0.6 is 0 Å². The van der Waals surface area contributed by atoms with Gasteiger partial charge in [0.2, 0.25) is 0 Å². The molecule has 0 aliphatic heterocycles. The first-order valence-corrected chi connectivity index (χ1v) is 7.28. The number of halogens is 4. The molecule has 0 radical (unpaired) electrons. The number of anilines is 1. The average Bonchev–Trinajstić information content (AvgIpc) is 2.55. The summed E-state index contributed by atoms with van der Waals surface area (Å²) in [6.07, 6.45) is -3.62. The van der Waals surface area contributed by atoms with E-state index in [1.807, 2.05) is 6.92 Å². The van der Waals surface area contributed by atoms with E-state index in [9.17, 15) is 22.4 Å². The van der Waals surface area contributed by atoms with Gasteiger partial charge in [-0.15, -0.1) is 0 Å². The molecule has 0 spiro atoms. The molecule has 0 aliphatic rings. The fourth-order valence-electron chi connectivity index (χ4n) is 2.47. The Morgan fingerprint density at radius 1 is 1.04 bits per heavy atom. The smallest absolute Gasteiger partial charge is 0.303 e. The van der Waals surface area contributed by atoms with Crippen molar-refractivity contribution in [1.29, 1.82) is 0 Å². The molecule has 1 N–H and O–H groups in total. The number of nitrogens with one attached hydrogen (secondary N) is 1. The number of aromatic nitrogens is 1. The number of aryl methyl sites for hydroxylation is 1. The lowest BCUT2D eigenvalue weighted by Gasteiger charge is -2.10. The van der Waals surface area contributed by atoms with Crippen molar-refractivity contribution in [2.24, 2.45) is 0 Å². The van der Waals surface area contributed by atoms with Gasteiger partial charge in [0.25, 0.3) is 0 Å². The number of alkyl halides is 3. The molecule has 0 unspecified atom stereocenters. The van der Waals surface area contributed by atoms with Gasteiger partial charge >= 0.3 is 12.1 Å². The second kappa shape index (κ2) is 6.16. The zero-order chi connectivity index (χ0) is 18.2. The molecule has 3 rings (SSSR count). The molecule has 25 heavy (non-hydrogen) atoms. The lowest BCUT2D eigenvalue weighted by atomic mass is 9.98. The monoisotopic (exact) mass is 348 g/mol. The van der Waals surface area contributed by atoms with Crippen molar-refractivity contribution >= 4 is 22.5 Å². The molecule has 3 aromatic rings. The zero-order valence-electron chi connectivity index (χ0n) is 13.0. The fourth-order valence-corrected chi connectivity index (χ4v) is 2.47. The molecule has 0 bridgehead atoms. The van der Waals surface area contributed by atoms with Crippen LogP contribution in [0.2, 0.25) is 0 Å². The highest BCUT2D eigenvalue weighted by Gasteiger charge is 2.38. The Hall–Kier alpha value is -2.96. The van der Waals surface area contributed by atoms with Crippen molar-refractivity contribution in [1.82, 2.24) is 4.98 Å². The molecule has 0 atom stereocenters. The Labute approximate surface area is 140 Å². The summed E-state index contributed by atoms with van der Waals surface area (Å²) in [5.41, 5.74) is 2.37. The van der Waals surface area contributed by atoms with Gasteiger partial charge in [-0.2, -0.15) is 13.2 Å². The minimum atomic E-state index is -4.98. The van der Waals surface area contributed by atoms with Crippen LogP contribution in [0, 0.1) is 12.7 Å². The van der Waals surface area contributed by atoms with Gasteiger partial charge in [-0.05, 0) is 53.3 Å². The van der Waals surface area contributed by atoms with Crippen LogP contribution in [0.5, 0.6) is 0 Å². The number of fused-ring (bicyclic) bond motifs is 1. The van der Waals surface area contributed by atoms with Gasteiger partial charge in [0.05, 0.1) is 0 Å². The molecular formula is C18H12F4N2O. The highest BCUT2D eigenvalue weighted by molar-refractivity contribution is 5.96. The number of amides is 1. The second-order valence-electron chi connectivity index (χ2n) is 5.54. The van der Waals surface area contributed by atoms with Crippen LogP contribution in [0.1, 0.15) is 5.56 Å². The first-order chi connectivity index (χ1) is 11.7. The van der Waals surface area contributed by atoms with Crippen molar-refractivity contribution in [2.45, 2.75) is 13.1 Å². The molecule has 1 heterocycles. The molecular weight excluding hydrogens is 336 g/mol. The van der Waals surface area contributed by atoms with Crippen molar-refractivity contribution in [3.8, 4) is 11.1 Å². The predicted molar refractivity (Wildman–Crippen MR) is 86.6 cm³/mol. The van der Waals surface area contributed by atoms with E-state index in [4.69, 9.17) is 0 Å². The first kappa shape index (κ1) is 16.9. The lowest BCUT2D eigenvalue weighted by molar-refractivity contribution is -0.167. The van der Waals surface area contributed by atoms with E-state index in [1.54, 1.807) is 29.6 Å². The van der Waals surface area contributed by atoms with Gasteiger partial charge in [-0.3, -0.25) is 4.79 Å². The van der Waals surface area contributed by atoms with Crippen LogP contribution in [0.4, 0.5) is 23.4 Å². The third-order valence-corrected chi connectivity index (χ3v) is 3.73. The van der Waals surface area contributed by atoms with Crippen molar-refractivity contribution in [2.75, 3.05) is 5.32 Å². The van der Waals surface area contributed by atoms with Crippen molar-refractivity contribution in [3.63, 3.8) is 0 Å². The van der Waals surface area contributed by atoms with Gasteiger partial charge in [0.15, 0.2) is 0 Å². The van der Waals surface area contributed by atoms with E-state index in [2.05, 4.69) is 4.98 Å². The minimum Gasteiger partial charge on any atom is -0.303 e. The Morgan fingerprint density at radius 3 is 2.52 bits per heavy atom. The molecule has 0 saturated carbocycles. The van der Waals surface area contributed by atoms with E-state index in [-0.39, 0.29) is 11.6 Å². The van der Waals surface area contributed by atoms with Crippen LogP contribution in [-0.2, 0) is 4.79 Å². The maximum absolute atomic E-state index is 13.5. The lowest BCUT2D eigenvalue weighted by Crippen LogP contribution is -2.30. The number of carbonyl (C=O) groups is 1. The number of hydrogen-bond acceptors (Lipinski definition) is 2. The van der Waals surface area contributed by atoms with Crippen LogP contribution < -0.4 is 5.32 Å². The Morgan fingerprint density at radius 2 is 1.80 bits per heavy atom. The fraction of sp³-hybridized carbons (Fsp3) is 0.111. The molecule has 128 valence electrons. The predicted octanol–water partition coefficient (Wildman–Crippen LogP) is 4.85. The number of benzene rings is 2. The van der Waals surface area contributed by atoms with Gasteiger partial charge in [0.1, 0.15) is 11.6 Å². The standard InChI is InChI=1S/C18H12F4N2O/c1-10-2-5-14(19)8-15(10)12-4-3-11-7-16(23-9-13(11)6-12)24-17(25)18(20,21)22/h2-9H,1H3,(H,23,24,25). The highest BCUT2D eigenvalue weighted by atomic mass is 19.4. The van der Waals surface area contributed by atoms with E-state index in [0.717, 1.165) is 16.7 Å². The van der Waals surface area contributed by atoms with Crippen LogP contribution in [0.3, 0.4) is 0 Å². The Kier molecular flexibility index (Phi) is 4.16. The van der Waals surface area contributed by atoms with E-state index in [0.29, 0.717) is 10.8 Å². The summed E-state index contributed by atoms with van der Waals surface area (Å²) in [5.74, 6) is -2.63. The summed E-state index contributed by atoms with van der Waals surface area (Å²) in [6, 6.07) is 11.0. The first-order valence-electron chi connectivity index (χ1n) is 7.28. The largest absolute Gasteiger partial charge is 0.471 e. The molecule has 0 fully saturated rings. The van der Waals surface area contributed by atoms with Gasteiger partial charge < -0.3 is 5.32 Å². The maximum Gasteiger partial charge on any atom is 0.471 e. The molecule has 1 aromatic heterocycles. The number of nitrogens with zero attached hydrogens (tertiary/aromatic N) is 1. The number of carbonyl (C=O) groups excluding carboxylic acids is 1. The van der Waals surface area contributed by atoms with Crippen LogP contribution in [0.15, 0.2) is 48.7 Å². The minimum absolute atomic E-state index is 0.190. The Bertz CT molecular complexity index is 967. The number of hydrogen-bond donors (Lipinski definition) is 1. The van der Waals surface area contributed by atoms with Gasteiger partial charge in [-0.1, -0.05) is 18.2 Å². The summed E-state index contributed by atoms with van der Waals surface area (Å²) >= 11 is 0. The third-order valence-electron chi connectivity index (χ3n) is 3.73. The second-order valence-corrected chi connectivity index (χ2v) is 5.54. The number of rotatable bonds is 2. The SMILES string of the molecule is Cc1ccc(F)cc1-c1ccc2cc(NC(=O)C(F)(F)F)ncc2c1. The maximum atomic E-state index is 13.5. The molecule has 1 amide bonds. The quantitative estimate of drug-likeness (QED) is 0.673. The molecule has 7 heteroatoms. The average molecular weight is 348 g/mol. The van der Waals surface area contributed by atoms with Gasteiger partial charge in [0, 0.05) is 11.6 Å². The summed E-state index contributed by atoms with van der Waals surface area (Å²) < 4.78 is 50.3. The summed E-state index contributed by atoms with van der Waals surface area (Å²) in [5, 5.41) is 2.97. The normalized spacial score (nSPS) is 11.6. The molecule has 2 aromatic carbocycles. The molecule has 3 nitrogen and oxygen atoms in total. The van der Waals surface area contributed by atoms with Crippen LogP contribution in [-0.4, -0.2) is 17.1 Å². The highest BCUT2D eigenvalue weighted by Crippen LogP contribution is 2.28. The molecule has 0 aliphatic carbocycles. The summed E-state index contributed by atoms with van der Waals surface area (Å²) in [7, 11) is 0. The van der Waals surface area contributed by atoms with Crippen molar-refractivity contribution < 1.29 is 22.4 Å². The zero-order valence-corrected chi connectivity index (χ0v) is 13.0. The Balaban J connectivity index is 1.96. The van der Waals surface area contributed by atoms with Gasteiger partial charge in [-0.25, -0.2) is 9.37 Å².